The van der Waals surface area contributed by atoms with Crippen LogP contribution < -0.4 is 4.74 Å². The molecule has 0 saturated heterocycles. The summed E-state index contributed by atoms with van der Waals surface area (Å²) in [6.45, 7) is 8.26. The number of aromatic hydroxyl groups is 1. The van der Waals surface area contributed by atoms with Gasteiger partial charge in [0.2, 0.25) is 0 Å². The first kappa shape index (κ1) is 16.3. The van der Waals surface area contributed by atoms with Crippen molar-refractivity contribution in [2.75, 3.05) is 33.4 Å². The Bertz CT molecular complexity index is 399. The minimum atomic E-state index is 0.142. The first-order valence-corrected chi connectivity index (χ1v) is 7.27. The molecule has 0 saturated carbocycles. The average molecular weight is 332 g/mol. The molecule has 1 rings (SSSR count). The van der Waals surface area contributed by atoms with Crippen LogP contribution in [-0.4, -0.2) is 43.4 Å². The van der Waals surface area contributed by atoms with Crippen LogP contribution in [0, 0.1) is 0 Å². The zero-order chi connectivity index (χ0) is 14.3. The number of benzene rings is 1. The van der Waals surface area contributed by atoms with Gasteiger partial charge in [0.05, 0.1) is 18.2 Å². The van der Waals surface area contributed by atoms with Gasteiger partial charge in [-0.05, 0) is 47.1 Å². The zero-order valence-electron chi connectivity index (χ0n) is 11.8. The number of hydrogen-bond acceptors (Lipinski definition) is 4. The van der Waals surface area contributed by atoms with Gasteiger partial charge in [0.25, 0.3) is 0 Å². The Kier molecular flexibility index (Phi) is 7.20. The van der Waals surface area contributed by atoms with Crippen molar-refractivity contribution < 1.29 is 14.6 Å². The van der Waals surface area contributed by atoms with Crippen LogP contribution in [0.2, 0.25) is 0 Å². The normalized spacial score (nSPS) is 11.0. The molecule has 4 nitrogen and oxygen atoms in total. The molecule has 19 heavy (non-hydrogen) atoms. The molecule has 0 heterocycles. The van der Waals surface area contributed by atoms with Crippen LogP contribution >= 0.6 is 15.9 Å². The molecule has 108 valence electrons. The highest BCUT2D eigenvalue weighted by atomic mass is 79.9. The molecular weight excluding hydrogens is 310 g/mol. The summed E-state index contributed by atoms with van der Waals surface area (Å²) >= 11 is 3.34. The maximum Gasteiger partial charge on any atom is 0.172 e. The van der Waals surface area contributed by atoms with Crippen LogP contribution in [0.1, 0.15) is 19.4 Å². The van der Waals surface area contributed by atoms with E-state index in [1.165, 1.54) is 0 Å². The highest BCUT2D eigenvalue weighted by Gasteiger charge is 2.11. The molecule has 1 aromatic rings. The van der Waals surface area contributed by atoms with Crippen LogP contribution in [0.15, 0.2) is 16.6 Å². The Morgan fingerprint density at radius 1 is 1.32 bits per heavy atom. The minimum Gasteiger partial charge on any atom is -0.503 e. The first-order chi connectivity index (χ1) is 9.12. The van der Waals surface area contributed by atoms with E-state index in [2.05, 4.69) is 27.8 Å². The zero-order valence-corrected chi connectivity index (χ0v) is 13.4. The largest absolute Gasteiger partial charge is 0.503 e. The van der Waals surface area contributed by atoms with Crippen LogP contribution in [-0.2, 0) is 11.3 Å². The molecule has 0 aromatic heterocycles. The van der Waals surface area contributed by atoms with Gasteiger partial charge in [-0.2, -0.15) is 0 Å². The van der Waals surface area contributed by atoms with Gasteiger partial charge in [-0.15, -0.1) is 0 Å². The fourth-order valence-corrected chi connectivity index (χ4v) is 2.31. The van der Waals surface area contributed by atoms with Crippen LogP contribution in [0.4, 0.5) is 0 Å². The number of ether oxygens (including phenoxy) is 2. The Morgan fingerprint density at radius 3 is 2.63 bits per heavy atom. The van der Waals surface area contributed by atoms with Crippen molar-refractivity contribution in [2.45, 2.75) is 20.4 Å². The van der Waals surface area contributed by atoms with Gasteiger partial charge in [-0.3, -0.25) is 4.90 Å². The quantitative estimate of drug-likeness (QED) is 0.743. The number of rotatable bonds is 8. The van der Waals surface area contributed by atoms with Gasteiger partial charge < -0.3 is 14.6 Å². The van der Waals surface area contributed by atoms with E-state index in [4.69, 9.17) is 9.47 Å². The van der Waals surface area contributed by atoms with Gasteiger partial charge in [0.1, 0.15) is 0 Å². The highest BCUT2D eigenvalue weighted by Crippen LogP contribution is 2.35. The lowest BCUT2D eigenvalue weighted by Crippen LogP contribution is -2.27. The number of phenolic OH excluding ortho intramolecular Hbond substituents is 1. The Hall–Kier alpha value is -0.780. The summed E-state index contributed by atoms with van der Waals surface area (Å²) in [5.74, 6) is 0.633. The summed E-state index contributed by atoms with van der Waals surface area (Å²) < 4.78 is 11.2. The van der Waals surface area contributed by atoms with Gasteiger partial charge in [0, 0.05) is 19.7 Å². The third-order valence-electron chi connectivity index (χ3n) is 2.92. The molecule has 1 N–H and O–H groups in total. The second kappa shape index (κ2) is 8.40. The molecule has 0 aliphatic heterocycles. The molecule has 0 aliphatic rings. The van der Waals surface area contributed by atoms with Gasteiger partial charge in [-0.25, -0.2) is 0 Å². The molecule has 0 fully saturated rings. The first-order valence-electron chi connectivity index (χ1n) is 6.47. The molecule has 0 atom stereocenters. The third kappa shape index (κ3) is 5.01. The van der Waals surface area contributed by atoms with Gasteiger partial charge >= 0.3 is 0 Å². The highest BCUT2D eigenvalue weighted by molar-refractivity contribution is 9.10. The number of halogens is 1. The lowest BCUT2D eigenvalue weighted by Gasteiger charge is -2.21. The van der Waals surface area contributed by atoms with E-state index in [0.29, 0.717) is 10.2 Å². The second-order valence-corrected chi connectivity index (χ2v) is 5.05. The van der Waals surface area contributed by atoms with Crippen molar-refractivity contribution in [3.05, 3.63) is 22.2 Å². The molecule has 0 radical (unpaired) electrons. The van der Waals surface area contributed by atoms with Crippen LogP contribution in [0.25, 0.3) is 0 Å². The van der Waals surface area contributed by atoms with Crippen molar-refractivity contribution in [2.24, 2.45) is 0 Å². The maximum atomic E-state index is 9.78. The predicted molar refractivity (Wildman–Crippen MR) is 79.8 cm³/mol. The molecular formula is C14H22BrNO3. The molecule has 0 spiro atoms. The van der Waals surface area contributed by atoms with Crippen molar-refractivity contribution in [1.82, 2.24) is 4.90 Å². The SMILES string of the molecule is CCOCCN(CC)Cc1cc(Br)c(O)c(OC)c1. The van der Waals surface area contributed by atoms with Crippen molar-refractivity contribution >= 4 is 15.9 Å². The summed E-state index contributed by atoms with van der Waals surface area (Å²) in [7, 11) is 1.55. The van der Waals surface area contributed by atoms with Crippen molar-refractivity contribution in [3.63, 3.8) is 0 Å². The molecule has 5 heteroatoms. The smallest absolute Gasteiger partial charge is 0.172 e. The van der Waals surface area contributed by atoms with E-state index in [1.807, 2.05) is 19.1 Å². The third-order valence-corrected chi connectivity index (χ3v) is 3.52. The lowest BCUT2D eigenvalue weighted by atomic mass is 10.2. The standard InChI is InChI=1S/C14H22BrNO3/c1-4-16(6-7-19-5-2)10-11-8-12(15)14(17)13(9-11)18-3/h8-9,17H,4-7,10H2,1-3H3. The number of likely N-dealkylation sites (N-methyl/N-ethyl adjacent to an activating group) is 1. The van der Waals surface area contributed by atoms with Gasteiger partial charge in [0.15, 0.2) is 11.5 Å². The topological polar surface area (TPSA) is 41.9 Å². The molecule has 1 aromatic carbocycles. The average Bonchev–Trinajstić information content (AvgIpc) is 2.41. The van der Waals surface area contributed by atoms with E-state index in [0.717, 1.165) is 38.4 Å². The van der Waals surface area contributed by atoms with E-state index in [-0.39, 0.29) is 5.75 Å². The van der Waals surface area contributed by atoms with Crippen LogP contribution in [0.5, 0.6) is 11.5 Å². The number of phenols is 1. The number of nitrogens with zero attached hydrogens (tertiary/aromatic N) is 1. The Balaban J connectivity index is 2.71. The fraction of sp³-hybridized carbons (Fsp3) is 0.571. The van der Waals surface area contributed by atoms with E-state index in [9.17, 15) is 5.11 Å². The van der Waals surface area contributed by atoms with Gasteiger partial charge in [-0.1, -0.05) is 6.92 Å². The monoisotopic (exact) mass is 331 g/mol. The van der Waals surface area contributed by atoms with E-state index >= 15 is 0 Å². The van der Waals surface area contributed by atoms with Crippen LogP contribution in [0.3, 0.4) is 0 Å². The fourth-order valence-electron chi connectivity index (χ4n) is 1.82. The Labute approximate surface area is 123 Å². The van der Waals surface area contributed by atoms with E-state index < -0.39 is 0 Å². The van der Waals surface area contributed by atoms with Crippen molar-refractivity contribution in [1.29, 1.82) is 0 Å². The molecule has 0 amide bonds. The maximum absolute atomic E-state index is 9.78. The molecule has 0 bridgehead atoms. The summed E-state index contributed by atoms with van der Waals surface area (Å²) in [5.41, 5.74) is 1.10. The minimum absolute atomic E-state index is 0.142. The lowest BCUT2D eigenvalue weighted by molar-refractivity contribution is 0.113. The predicted octanol–water partition coefficient (Wildman–Crippen LogP) is 3.02. The number of methoxy groups -OCH3 is 1. The van der Waals surface area contributed by atoms with E-state index in [1.54, 1.807) is 7.11 Å². The molecule has 0 aliphatic carbocycles. The summed E-state index contributed by atoms with van der Waals surface area (Å²) in [6.07, 6.45) is 0. The summed E-state index contributed by atoms with van der Waals surface area (Å²) in [5, 5.41) is 9.78. The summed E-state index contributed by atoms with van der Waals surface area (Å²) in [6, 6.07) is 3.78. The molecule has 0 unspecified atom stereocenters. The Morgan fingerprint density at radius 2 is 2.05 bits per heavy atom. The summed E-state index contributed by atoms with van der Waals surface area (Å²) in [4.78, 5) is 2.29. The van der Waals surface area contributed by atoms with Crippen molar-refractivity contribution in [3.8, 4) is 11.5 Å². The second-order valence-electron chi connectivity index (χ2n) is 4.19. The number of hydrogen-bond donors (Lipinski definition) is 1.